The summed E-state index contributed by atoms with van der Waals surface area (Å²) in [7, 11) is 0. The number of Topliss-reactive ketones (excluding diaryl/α,β-unsaturated/α-hetero) is 1. The smallest absolute Gasteiger partial charge is 0.257 e. The molecule has 5 rings (SSSR count). The van der Waals surface area contributed by atoms with Crippen molar-refractivity contribution in [2.45, 2.75) is 25.7 Å². The molecule has 4 aliphatic rings. The molecule has 1 aromatic rings. The van der Waals surface area contributed by atoms with Gasteiger partial charge in [-0.25, -0.2) is 4.39 Å². The Morgan fingerprint density at radius 3 is 2.58 bits per heavy atom. The number of benzene rings is 1. The number of aromatic hydroxyl groups is 1. The van der Waals surface area contributed by atoms with Gasteiger partial charge in [-0.1, -0.05) is 23.8 Å². The zero-order chi connectivity index (χ0) is 22.2. The van der Waals surface area contributed by atoms with E-state index in [0.717, 1.165) is 6.07 Å². The predicted molar refractivity (Wildman–Crippen MR) is 103 cm³/mol. The first-order valence-electron chi connectivity index (χ1n) is 9.96. The van der Waals surface area contributed by atoms with Crippen molar-refractivity contribution in [3.63, 3.8) is 0 Å². The van der Waals surface area contributed by atoms with Crippen molar-refractivity contribution in [2.24, 2.45) is 17.8 Å². The van der Waals surface area contributed by atoms with Crippen LogP contribution in [-0.2, 0) is 19.2 Å². The van der Waals surface area contributed by atoms with E-state index in [4.69, 9.17) is 0 Å². The van der Waals surface area contributed by atoms with Crippen LogP contribution in [0.4, 0.5) is 4.39 Å². The Morgan fingerprint density at radius 2 is 1.84 bits per heavy atom. The number of halogens is 1. The number of rotatable bonds is 1. The number of hydrogen-bond acceptors (Lipinski definition) is 6. The maximum absolute atomic E-state index is 14.2. The number of amides is 2. The van der Waals surface area contributed by atoms with Crippen molar-refractivity contribution >= 4 is 23.4 Å². The minimum atomic E-state index is -0.929. The van der Waals surface area contributed by atoms with Gasteiger partial charge in [0.2, 0.25) is 0 Å². The average molecular weight is 423 g/mol. The normalized spacial score (nSPS) is 30.1. The molecule has 0 radical (unpaired) electrons. The summed E-state index contributed by atoms with van der Waals surface area (Å²) in [6.45, 7) is 1.52. The van der Waals surface area contributed by atoms with Crippen LogP contribution in [0.2, 0.25) is 0 Å². The summed E-state index contributed by atoms with van der Waals surface area (Å²) in [6, 6.07) is 3.96. The molecular formula is C23H18FNO6. The molecule has 3 aliphatic carbocycles. The number of hydrogen-bond donors (Lipinski definition) is 2. The Labute approximate surface area is 176 Å². The fourth-order valence-electron chi connectivity index (χ4n) is 5.49. The molecule has 0 aromatic heterocycles. The van der Waals surface area contributed by atoms with Crippen LogP contribution in [0.15, 0.2) is 52.6 Å². The number of para-hydroxylation sites is 1. The van der Waals surface area contributed by atoms with Crippen LogP contribution in [0.1, 0.15) is 31.2 Å². The van der Waals surface area contributed by atoms with Crippen molar-refractivity contribution in [1.29, 1.82) is 0 Å². The largest absolute Gasteiger partial charge is 0.505 e. The van der Waals surface area contributed by atoms with Gasteiger partial charge in [0.25, 0.3) is 11.8 Å². The van der Waals surface area contributed by atoms with Gasteiger partial charge in [-0.15, -0.1) is 0 Å². The Kier molecular flexibility index (Phi) is 4.14. The van der Waals surface area contributed by atoms with Gasteiger partial charge in [-0.2, -0.15) is 5.06 Å². The zero-order valence-corrected chi connectivity index (χ0v) is 16.5. The average Bonchev–Trinajstić information content (AvgIpc) is 2.97. The molecule has 0 saturated carbocycles. The van der Waals surface area contributed by atoms with E-state index in [0.29, 0.717) is 5.57 Å². The van der Waals surface area contributed by atoms with E-state index in [1.165, 1.54) is 25.1 Å². The fraction of sp³-hybridized carbons (Fsp3) is 0.304. The summed E-state index contributed by atoms with van der Waals surface area (Å²) in [5.74, 6) is -6.92. The van der Waals surface area contributed by atoms with E-state index in [1.807, 2.05) is 0 Å². The molecule has 0 spiro atoms. The predicted octanol–water partition coefficient (Wildman–Crippen LogP) is 2.35. The first-order valence-corrected chi connectivity index (χ1v) is 9.96. The number of ketones is 2. The van der Waals surface area contributed by atoms with Crippen LogP contribution in [0.5, 0.6) is 5.75 Å². The highest BCUT2D eigenvalue weighted by Gasteiger charge is 2.56. The number of fused-ring (bicyclic) bond motifs is 3. The molecule has 7 nitrogen and oxygen atoms in total. The van der Waals surface area contributed by atoms with Crippen LogP contribution < -0.4 is 0 Å². The lowest BCUT2D eigenvalue weighted by Crippen LogP contribution is -2.39. The summed E-state index contributed by atoms with van der Waals surface area (Å²) in [5.41, 5.74) is 1.32. The van der Waals surface area contributed by atoms with Gasteiger partial charge in [0, 0.05) is 28.2 Å². The topological polar surface area (TPSA) is 112 Å². The van der Waals surface area contributed by atoms with Crippen LogP contribution in [-0.4, -0.2) is 38.8 Å². The second-order valence-corrected chi connectivity index (χ2v) is 8.39. The number of nitrogens with zero attached hydrogens (tertiary/aromatic N) is 1. The van der Waals surface area contributed by atoms with E-state index >= 15 is 0 Å². The van der Waals surface area contributed by atoms with Crippen molar-refractivity contribution in [3.05, 3.63) is 64.0 Å². The monoisotopic (exact) mass is 423 g/mol. The van der Waals surface area contributed by atoms with E-state index < -0.39 is 52.8 Å². The standard InChI is InChI=1S/C23H18FNO6/c1-9-7-16(26)19-14(20(9)27)8-13-10(17(19)11-3-2-4-15(24)21(11)28)5-6-12-18(13)23(30)25(31)22(12)29/h2-5,7,12-13,17-18,28,31H,6,8H2,1H3/t12-,13+,17+,18-/m0/s1. The van der Waals surface area contributed by atoms with Crippen molar-refractivity contribution < 1.29 is 33.9 Å². The fourth-order valence-corrected chi connectivity index (χ4v) is 5.49. The molecular weight excluding hydrogens is 405 g/mol. The molecule has 1 heterocycles. The lowest BCUT2D eigenvalue weighted by molar-refractivity contribution is -0.173. The Hall–Kier alpha value is -3.39. The molecule has 1 aromatic carbocycles. The summed E-state index contributed by atoms with van der Waals surface area (Å²) in [6.07, 6.45) is 3.16. The number of phenols is 1. The van der Waals surface area contributed by atoms with E-state index in [2.05, 4.69) is 0 Å². The van der Waals surface area contributed by atoms with Gasteiger partial charge in [-0.3, -0.25) is 24.4 Å². The molecule has 2 N–H and O–H groups in total. The Morgan fingerprint density at radius 1 is 1.10 bits per heavy atom. The third kappa shape index (κ3) is 2.54. The molecule has 4 atom stereocenters. The van der Waals surface area contributed by atoms with Crippen LogP contribution in [0.25, 0.3) is 0 Å². The minimum Gasteiger partial charge on any atom is -0.505 e. The third-order valence-corrected chi connectivity index (χ3v) is 6.87. The third-order valence-electron chi connectivity index (χ3n) is 6.87. The second kappa shape index (κ2) is 6.55. The molecule has 0 bridgehead atoms. The summed E-state index contributed by atoms with van der Waals surface area (Å²) < 4.78 is 14.2. The Balaban J connectivity index is 1.75. The van der Waals surface area contributed by atoms with Gasteiger partial charge in [0.15, 0.2) is 23.1 Å². The van der Waals surface area contributed by atoms with E-state index in [9.17, 15) is 33.9 Å². The van der Waals surface area contributed by atoms with Crippen LogP contribution in [0, 0.1) is 23.6 Å². The van der Waals surface area contributed by atoms with Crippen LogP contribution >= 0.6 is 0 Å². The minimum absolute atomic E-state index is 0.0531. The highest BCUT2D eigenvalue weighted by atomic mass is 19.1. The highest BCUT2D eigenvalue weighted by Crippen LogP contribution is 2.55. The molecule has 158 valence electrons. The molecule has 1 aliphatic heterocycles. The molecule has 8 heteroatoms. The number of allylic oxidation sites excluding steroid dienone is 6. The van der Waals surface area contributed by atoms with E-state index in [-0.39, 0.29) is 46.0 Å². The number of phenolic OH excluding ortho intramolecular Hbond substituents is 1. The zero-order valence-electron chi connectivity index (χ0n) is 16.5. The van der Waals surface area contributed by atoms with Crippen molar-refractivity contribution in [2.75, 3.05) is 0 Å². The Bertz CT molecular complexity index is 1190. The SMILES string of the molecule is CC1=CC(=O)C2=C(C[C@@H]3C(=CC[C@@H]4C(=O)N(O)C(=O)[C@@H]43)[C@@H]2c2cccc(F)c2O)C1=O. The first-order chi connectivity index (χ1) is 14.7. The van der Waals surface area contributed by atoms with E-state index in [1.54, 1.807) is 6.08 Å². The van der Waals surface area contributed by atoms with Gasteiger partial charge in [0.05, 0.1) is 11.8 Å². The first kappa shape index (κ1) is 19.6. The second-order valence-electron chi connectivity index (χ2n) is 8.39. The van der Waals surface area contributed by atoms with Gasteiger partial charge in [0.1, 0.15) is 0 Å². The summed E-state index contributed by atoms with van der Waals surface area (Å²) in [4.78, 5) is 50.9. The van der Waals surface area contributed by atoms with Crippen LogP contribution in [0.3, 0.4) is 0 Å². The number of hydroxylamine groups is 2. The molecule has 1 fully saturated rings. The number of carbonyl (C=O) groups excluding carboxylic acids is 4. The van der Waals surface area contributed by atoms with Gasteiger partial charge < -0.3 is 5.11 Å². The van der Waals surface area contributed by atoms with Crippen molar-refractivity contribution in [3.8, 4) is 5.75 Å². The number of carbonyl (C=O) groups is 4. The molecule has 31 heavy (non-hydrogen) atoms. The molecule has 2 amide bonds. The maximum Gasteiger partial charge on any atom is 0.257 e. The van der Waals surface area contributed by atoms with Gasteiger partial charge in [-0.05, 0) is 37.8 Å². The lowest BCUT2D eigenvalue weighted by Gasteiger charge is -2.42. The lowest BCUT2D eigenvalue weighted by atomic mass is 9.59. The van der Waals surface area contributed by atoms with Crippen molar-refractivity contribution in [1.82, 2.24) is 5.06 Å². The molecule has 0 unspecified atom stereocenters. The van der Waals surface area contributed by atoms with Gasteiger partial charge >= 0.3 is 0 Å². The summed E-state index contributed by atoms with van der Waals surface area (Å²) >= 11 is 0. The molecule has 1 saturated heterocycles. The quantitative estimate of drug-likeness (QED) is 0.310. The number of imide groups is 1. The highest BCUT2D eigenvalue weighted by molar-refractivity contribution is 6.23. The maximum atomic E-state index is 14.2. The summed E-state index contributed by atoms with van der Waals surface area (Å²) in [5, 5.41) is 20.5.